The third-order valence-electron chi connectivity index (χ3n) is 9.49. The van der Waals surface area contributed by atoms with Gasteiger partial charge in [-0.15, -0.1) is 0 Å². The molecule has 0 spiro atoms. The van der Waals surface area contributed by atoms with Crippen LogP contribution in [0.1, 0.15) is 135 Å². The Labute approximate surface area is 321 Å². The molecule has 300 valence electrons. The summed E-state index contributed by atoms with van der Waals surface area (Å²) < 4.78 is 7.60. The van der Waals surface area contributed by atoms with Gasteiger partial charge in [-0.25, -0.2) is 4.79 Å². The van der Waals surface area contributed by atoms with Crippen molar-refractivity contribution in [2.24, 2.45) is 18.4 Å². The molecule has 1 heterocycles. The molecule has 0 saturated carbocycles. The Morgan fingerprint density at radius 2 is 1.42 bits per heavy atom. The predicted molar refractivity (Wildman–Crippen MR) is 219 cm³/mol. The van der Waals surface area contributed by atoms with Crippen molar-refractivity contribution in [2.75, 3.05) is 7.05 Å². The summed E-state index contributed by atoms with van der Waals surface area (Å²) in [6, 6.07) is 5.47. The van der Waals surface area contributed by atoms with Crippen LogP contribution in [0.2, 0.25) is 0 Å². The van der Waals surface area contributed by atoms with E-state index in [0.717, 1.165) is 29.3 Å². The van der Waals surface area contributed by atoms with Gasteiger partial charge < -0.3 is 30.2 Å². The molecule has 2 aromatic rings. The summed E-state index contributed by atoms with van der Waals surface area (Å²) in [5.41, 5.74) is -0.0384. The van der Waals surface area contributed by atoms with Crippen molar-refractivity contribution in [3.8, 4) is 0 Å². The van der Waals surface area contributed by atoms with Gasteiger partial charge in [-0.05, 0) is 64.0 Å². The van der Waals surface area contributed by atoms with Crippen LogP contribution in [0.15, 0.2) is 42.1 Å². The lowest BCUT2D eigenvalue weighted by molar-refractivity contribution is -0.140. The Balaban J connectivity index is 0.00000333. The molecule has 4 amide bonds. The molecule has 0 bridgehead atoms. The summed E-state index contributed by atoms with van der Waals surface area (Å²) in [5, 5.41) is 9.88. The normalized spacial score (nSPS) is 14.7. The van der Waals surface area contributed by atoms with Gasteiger partial charge in [0.25, 0.3) is 0 Å². The summed E-state index contributed by atoms with van der Waals surface area (Å²) in [6.45, 7) is 28.9. The first kappa shape index (κ1) is 47.2. The zero-order valence-corrected chi connectivity index (χ0v) is 36.1. The number of unbranched alkanes of at least 4 members (excludes halogenated alkanes) is 1. The third kappa shape index (κ3) is 13.8. The Morgan fingerprint density at radius 3 is 1.91 bits per heavy atom. The molecule has 0 aliphatic carbocycles. The molecular weight excluding hydrogens is 667 g/mol. The molecule has 4 atom stereocenters. The fraction of sp³-hybridized carbons (Fsp3) is 0.674. The zero-order chi connectivity index (χ0) is 41.1. The topological polar surface area (TPSA) is 122 Å². The second-order valence-electron chi connectivity index (χ2n) is 17.5. The minimum Gasteiger partial charge on any atom is -0.444 e. The minimum atomic E-state index is -1.10. The molecule has 0 saturated heterocycles. The van der Waals surface area contributed by atoms with Gasteiger partial charge in [-0.2, -0.15) is 0 Å². The highest BCUT2D eigenvalue weighted by atomic mass is 16.6. The van der Waals surface area contributed by atoms with Gasteiger partial charge in [-0.3, -0.25) is 14.4 Å². The molecule has 2 rings (SSSR count). The molecule has 0 aliphatic heterocycles. The van der Waals surface area contributed by atoms with E-state index in [2.05, 4.69) is 36.7 Å². The number of nitrogens with zero attached hydrogens (tertiary/aromatic N) is 2. The fourth-order valence-corrected chi connectivity index (χ4v) is 6.16. The van der Waals surface area contributed by atoms with Crippen molar-refractivity contribution in [3.63, 3.8) is 0 Å². The maximum atomic E-state index is 14.5. The number of hydrogen-bond acceptors (Lipinski definition) is 5. The molecule has 3 N–H and O–H groups in total. The third-order valence-corrected chi connectivity index (χ3v) is 9.49. The van der Waals surface area contributed by atoms with Crippen molar-refractivity contribution in [3.05, 3.63) is 47.7 Å². The van der Waals surface area contributed by atoms with Crippen molar-refractivity contribution < 1.29 is 23.9 Å². The van der Waals surface area contributed by atoms with E-state index in [1.807, 2.05) is 104 Å². The molecular formula is C43H73N5O5. The number of alkyl carbamates (subject to hydrolysis) is 1. The van der Waals surface area contributed by atoms with E-state index in [-0.39, 0.29) is 23.8 Å². The maximum Gasteiger partial charge on any atom is 0.408 e. The number of aryl methyl sites for hydroxylation is 1. The summed E-state index contributed by atoms with van der Waals surface area (Å²) >= 11 is 0. The summed E-state index contributed by atoms with van der Waals surface area (Å²) in [7, 11) is 3.65. The highest BCUT2D eigenvalue weighted by Crippen LogP contribution is 2.35. The van der Waals surface area contributed by atoms with E-state index in [9.17, 15) is 19.2 Å². The Morgan fingerprint density at radius 1 is 0.849 bits per heavy atom. The number of hydrogen-bond donors (Lipinski definition) is 3. The number of carbonyl (C=O) groups excluding carboxylic acids is 4. The van der Waals surface area contributed by atoms with Crippen LogP contribution in [0.4, 0.5) is 4.79 Å². The van der Waals surface area contributed by atoms with E-state index in [1.54, 1.807) is 39.6 Å². The summed E-state index contributed by atoms with van der Waals surface area (Å²) in [6.07, 6.45) is 7.54. The van der Waals surface area contributed by atoms with Gasteiger partial charge in [-0.1, -0.05) is 113 Å². The quantitative estimate of drug-likeness (QED) is 0.168. The van der Waals surface area contributed by atoms with Crippen LogP contribution < -0.4 is 16.0 Å². The van der Waals surface area contributed by atoms with Crippen molar-refractivity contribution in [1.29, 1.82) is 0 Å². The number of rotatable bonds is 14. The number of para-hydroxylation sites is 1. The highest BCUT2D eigenvalue weighted by molar-refractivity contribution is 5.95. The lowest BCUT2D eigenvalue weighted by Gasteiger charge is -2.40. The second kappa shape index (κ2) is 20.0. The van der Waals surface area contributed by atoms with E-state index in [0.29, 0.717) is 5.57 Å². The van der Waals surface area contributed by atoms with E-state index >= 15 is 0 Å². The molecule has 53 heavy (non-hydrogen) atoms. The number of ether oxygens (including phenoxy) is 1. The maximum absolute atomic E-state index is 14.5. The molecule has 0 unspecified atom stereocenters. The van der Waals surface area contributed by atoms with Gasteiger partial charge in [0.15, 0.2) is 0 Å². The number of likely N-dealkylation sites (N-methyl/N-ethyl adjacent to an activating group) is 1. The number of nitrogens with one attached hydrogen (secondary N) is 3. The summed E-state index contributed by atoms with van der Waals surface area (Å²) in [4.78, 5) is 56.7. The molecule has 10 heteroatoms. The Hall–Kier alpha value is -3.82. The number of fused-ring (bicyclic) bond motifs is 1. The number of carbonyl (C=O) groups is 4. The van der Waals surface area contributed by atoms with Crippen LogP contribution in [-0.4, -0.2) is 70.1 Å². The number of amides is 4. The van der Waals surface area contributed by atoms with Gasteiger partial charge in [0.05, 0.1) is 6.04 Å². The van der Waals surface area contributed by atoms with E-state index in [4.69, 9.17) is 4.74 Å². The van der Waals surface area contributed by atoms with E-state index < -0.39 is 46.6 Å². The zero-order valence-electron chi connectivity index (χ0n) is 36.1. The van der Waals surface area contributed by atoms with Crippen LogP contribution >= 0.6 is 0 Å². The molecule has 0 aliphatic rings. The van der Waals surface area contributed by atoms with E-state index in [1.165, 1.54) is 12.8 Å². The van der Waals surface area contributed by atoms with Crippen LogP contribution in [0.5, 0.6) is 0 Å². The largest absolute Gasteiger partial charge is 0.444 e. The molecule has 0 radical (unpaired) electrons. The molecule has 1 aromatic carbocycles. The van der Waals surface area contributed by atoms with Crippen LogP contribution in [0.3, 0.4) is 0 Å². The predicted octanol–water partition coefficient (Wildman–Crippen LogP) is 8.42. The van der Waals surface area contributed by atoms with Crippen LogP contribution in [0, 0.1) is 11.3 Å². The number of benzene rings is 1. The monoisotopic (exact) mass is 740 g/mol. The first-order valence-electron chi connectivity index (χ1n) is 19.4. The van der Waals surface area contributed by atoms with Gasteiger partial charge in [0.2, 0.25) is 17.7 Å². The van der Waals surface area contributed by atoms with Crippen molar-refractivity contribution >= 4 is 34.7 Å². The van der Waals surface area contributed by atoms with Gasteiger partial charge >= 0.3 is 6.09 Å². The average Bonchev–Trinajstić information content (AvgIpc) is 3.39. The molecule has 10 nitrogen and oxygen atoms in total. The Kier molecular flexibility index (Phi) is 17.8. The molecule has 0 fully saturated rings. The van der Waals surface area contributed by atoms with Crippen LogP contribution in [-0.2, 0) is 31.6 Å². The highest BCUT2D eigenvalue weighted by Gasteiger charge is 2.44. The minimum absolute atomic E-state index is 0.0204. The lowest BCUT2D eigenvalue weighted by Crippen LogP contribution is -2.63. The van der Waals surface area contributed by atoms with Crippen molar-refractivity contribution in [1.82, 2.24) is 25.4 Å². The standard InChI is InChI=1S/C39H63N5O5.C4H10/c1-16-19-26(5)40-33(45)25(4)22-30(24(2)3)44(15)35(47)32(37(6,7)8)41-34(46)31(42-36(48)49-38(9,10)11)39(12,13)28-23-43(14)29-21-18-17-20-27(28)29;1-3-4-2/h17-18,20-24,26,30-32H,16,19H2,1-15H3,(H,40,45)(H,41,46)(H,42,48);3-4H2,1-2H3/b25-22+;/t26-,30-,31-,32-;/m1./s1. The number of aromatic nitrogens is 1. The van der Waals surface area contributed by atoms with Crippen LogP contribution in [0.25, 0.3) is 10.9 Å². The van der Waals surface area contributed by atoms with Gasteiger partial charge in [0, 0.05) is 48.2 Å². The van der Waals surface area contributed by atoms with Crippen molar-refractivity contribution in [2.45, 2.75) is 165 Å². The first-order chi connectivity index (χ1) is 24.3. The fourth-order valence-electron chi connectivity index (χ4n) is 6.16. The molecule has 1 aromatic heterocycles. The smallest absolute Gasteiger partial charge is 0.408 e. The summed E-state index contributed by atoms with van der Waals surface area (Å²) in [5.74, 6) is -1.00. The second-order valence-corrected chi connectivity index (χ2v) is 17.5. The lowest BCUT2D eigenvalue weighted by atomic mass is 9.76. The van der Waals surface area contributed by atoms with Gasteiger partial charge in [0.1, 0.15) is 17.7 Å². The Bertz CT molecular complexity index is 1540. The first-order valence-corrected chi connectivity index (χ1v) is 19.4. The average molecular weight is 740 g/mol. The SMILES string of the molecule is CCCC.CCC[C@@H](C)NC(=O)/C(C)=C/[C@H](C(C)C)N(C)C(=O)[C@@H](NC(=O)[C@@H](NC(=O)OC(C)(C)C)C(C)(C)c1cn(C)c2ccccc12)C(C)(C)C.